The summed E-state index contributed by atoms with van der Waals surface area (Å²) in [6, 6.07) is 0. The molecule has 0 aliphatic heterocycles. The third-order valence-corrected chi connectivity index (χ3v) is 2.22. The third-order valence-electron chi connectivity index (χ3n) is 1.68. The average Bonchev–Trinajstić information content (AvgIpc) is 2.29. The van der Waals surface area contributed by atoms with Gasteiger partial charge in [-0.05, 0) is 19.3 Å². The van der Waals surface area contributed by atoms with Crippen molar-refractivity contribution in [3.63, 3.8) is 0 Å². The molecule has 2 unspecified atom stereocenters. The number of halogens is 3. The van der Waals surface area contributed by atoms with Gasteiger partial charge in [-0.15, -0.1) is 0 Å². The van der Waals surface area contributed by atoms with E-state index in [-0.39, 0.29) is 0 Å². The zero-order chi connectivity index (χ0) is 9.19. The number of hydrogen-bond donors (Lipinski definition) is 1. The van der Waals surface area contributed by atoms with E-state index in [0.717, 1.165) is 6.42 Å². The summed E-state index contributed by atoms with van der Waals surface area (Å²) in [5.74, 6) is 0. The largest absolute Gasteiger partial charge is 0.467 e. The van der Waals surface area contributed by atoms with Crippen molar-refractivity contribution < 1.29 is 22.5 Å². The fraction of sp³-hybridized carbons (Fsp3) is 1.00. The third kappa shape index (κ3) is 3.20. The van der Waals surface area contributed by atoms with Crippen LogP contribution >= 0.6 is 12.0 Å². The molecule has 0 radical (unpaired) electrons. The second-order valence-corrected chi connectivity index (χ2v) is 3.48. The highest BCUT2D eigenvalue weighted by Gasteiger charge is 2.35. The summed E-state index contributed by atoms with van der Waals surface area (Å²) in [5, 5.41) is 9.08. The maximum Gasteiger partial charge on any atom is 0.467 e. The van der Waals surface area contributed by atoms with Crippen molar-refractivity contribution in [1.29, 1.82) is 0 Å². The molecular formula is C6H9F3O2S. The van der Waals surface area contributed by atoms with E-state index in [0.29, 0.717) is 12.8 Å². The minimum absolute atomic E-state index is 0.504. The van der Waals surface area contributed by atoms with Gasteiger partial charge in [0, 0.05) is 0 Å². The van der Waals surface area contributed by atoms with Gasteiger partial charge in [-0.3, -0.25) is 0 Å². The summed E-state index contributed by atoms with van der Waals surface area (Å²) >= 11 is -0.525. The minimum Gasteiger partial charge on any atom is -0.390 e. The van der Waals surface area contributed by atoms with Crippen LogP contribution < -0.4 is 0 Å². The highest BCUT2D eigenvalue weighted by Crippen LogP contribution is 2.35. The Balaban J connectivity index is 2.23. The molecule has 1 aliphatic rings. The molecule has 12 heavy (non-hydrogen) atoms. The summed E-state index contributed by atoms with van der Waals surface area (Å²) in [6.45, 7) is 0. The van der Waals surface area contributed by atoms with Crippen LogP contribution in [0.4, 0.5) is 13.2 Å². The molecule has 0 aromatic rings. The molecule has 1 saturated carbocycles. The van der Waals surface area contributed by atoms with Crippen LogP contribution in [0.5, 0.6) is 0 Å². The topological polar surface area (TPSA) is 29.5 Å². The van der Waals surface area contributed by atoms with E-state index in [2.05, 4.69) is 4.18 Å². The number of aliphatic hydroxyl groups excluding tert-OH is 1. The molecule has 0 heterocycles. The van der Waals surface area contributed by atoms with Gasteiger partial charge in [-0.1, -0.05) is 0 Å². The lowest BCUT2D eigenvalue weighted by Gasteiger charge is -2.14. The molecule has 2 nitrogen and oxygen atoms in total. The Hall–Kier alpha value is 0.0600. The molecule has 0 aromatic carbocycles. The van der Waals surface area contributed by atoms with Gasteiger partial charge in [0.2, 0.25) is 0 Å². The lowest BCUT2D eigenvalue weighted by Crippen LogP contribution is -2.21. The predicted molar refractivity (Wildman–Crippen MR) is 38.4 cm³/mol. The van der Waals surface area contributed by atoms with Crippen molar-refractivity contribution in [2.75, 3.05) is 0 Å². The quantitative estimate of drug-likeness (QED) is 0.695. The van der Waals surface area contributed by atoms with Crippen molar-refractivity contribution in [2.45, 2.75) is 37.0 Å². The Labute approximate surface area is 72.3 Å². The molecule has 0 saturated heterocycles. The highest BCUT2D eigenvalue weighted by molar-refractivity contribution is 7.95. The number of rotatable bonds is 2. The molecule has 0 aromatic heterocycles. The molecule has 1 rings (SSSR count). The van der Waals surface area contributed by atoms with Gasteiger partial charge < -0.3 is 9.29 Å². The molecule has 0 amide bonds. The zero-order valence-electron chi connectivity index (χ0n) is 6.17. The van der Waals surface area contributed by atoms with E-state index in [1.807, 2.05) is 0 Å². The summed E-state index contributed by atoms with van der Waals surface area (Å²) in [5.41, 5.74) is -4.37. The Morgan fingerprint density at radius 1 is 1.33 bits per heavy atom. The average molecular weight is 202 g/mol. The molecule has 1 aliphatic carbocycles. The van der Waals surface area contributed by atoms with Gasteiger partial charge in [-0.2, -0.15) is 13.2 Å². The first kappa shape index (κ1) is 10.1. The predicted octanol–water partition coefficient (Wildman–Crippen LogP) is 2.08. The second kappa shape index (κ2) is 3.85. The maximum absolute atomic E-state index is 11.6. The van der Waals surface area contributed by atoms with Crippen LogP contribution in [0.25, 0.3) is 0 Å². The van der Waals surface area contributed by atoms with Crippen LogP contribution in [0, 0.1) is 0 Å². The summed E-state index contributed by atoms with van der Waals surface area (Å²) in [4.78, 5) is 0. The van der Waals surface area contributed by atoms with Gasteiger partial charge in [-0.25, -0.2) is 0 Å². The van der Waals surface area contributed by atoms with Gasteiger partial charge in [0.15, 0.2) is 0 Å². The molecular weight excluding hydrogens is 193 g/mol. The SMILES string of the molecule is OC1CCCC1OSC(F)(F)F. The minimum atomic E-state index is -4.37. The van der Waals surface area contributed by atoms with E-state index in [4.69, 9.17) is 5.11 Å². The highest BCUT2D eigenvalue weighted by atomic mass is 32.2. The van der Waals surface area contributed by atoms with Crippen LogP contribution in [0.1, 0.15) is 19.3 Å². The Morgan fingerprint density at radius 2 is 2.00 bits per heavy atom. The van der Waals surface area contributed by atoms with Crippen LogP contribution in [0.3, 0.4) is 0 Å². The monoisotopic (exact) mass is 202 g/mol. The van der Waals surface area contributed by atoms with Crippen LogP contribution in [-0.2, 0) is 4.18 Å². The second-order valence-electron chi connectivity index (χ2n) is 2.66. The summed E-state index contributed by atoms with van der Waals surface area (Å²) in [7, 11) is 0. The lowest BCUT2D eigenvalue weighted by atomic mass is 10.3. The van der Waals surface area contributed by atoms with Gasteiger partial charge in [0.05, 0.1) is 12.2 Å². The van der Waals surface area contributed by atoms with Gasteiger partial charge in [0.1, 0.15) is 12.0 Å². The van der Waals surface area contributed by atoms with Crippen molar-refractivity contribution in [1.82, 2.24) is 0 Å². The first-order valence-corrected chi connectivity index (χ1v) is 4.32. The van der Waals surface area contributed by atoms with E-state index >= 15 is 0 Å². The first-order valence-electron chi connectivity index (χ1n) is 3.58. The maximum atomic E-state index is 11.6. The normalized spacial score (nSPS) is 31.0. The lowest BCUT2D eigenvalue weighted by molar-refractivity contribution is -0.0447. The van der Waals surface area contributed by atoms with Gasteiger partial charge in [0.25, 0.3) is 0 Å². The van der Waals surface area contributed by atoms with Crippen molar-refractivity contribution in [3.05, 3.63) is 0 Å². The molecule has 2 atom stereocenters. The van der Waals surface area contributed by atoms with Crippen LogP contribution in [0.15, 0.2) is 0 Å². The smallest absolute Gasteiger partial charge is 0.390 e. The number of aliphatic hydroxyl groups is 1. The summed E-state index contributed by atoms with van der Waals surface area (Å²) < 4.78 is 39.2. The fourth-order valence-electron chi connectivity index (χ4n) is 1.14. The zero-order valence-corrected chi connectivity index (χ0v) is 6.99. The van der Waals surface area contributed by atoms with E-state index in [1.165, 1.54) is 0 Å². The molecule has 6 heteroatoms. The summed E-state index contributed by atoms with van der Waals surface area (Å²) in [6.07, 6.45) is 0.369. The van der Waals surface area contributed by atoms with E-state index in [9.17, 15) is 13.2 Å². The number of hydrogen-bond acceptors (Lipinski definition) is 3. The standard InChI is InChI=1S/C6H9F3O2S/c7-6(8,9)12-11-5-3-1-2-4(5)10/h4-5,10H,1-3H2. The van der Waals surface area contributed by atoms with Crippen molar-refractivity contribution >= 4 is 12.0 Å². The first-order chi connectivity index (χ1) is 5.49. The van der Waals surface area contributed by atoms with Crippen LogP contribution in [-0.4, -0.2) is 22.8 Å². The van der Waals surface area contributed by atoms with Crippen LogP contribution in [0.2, 0.25) is 0 Å². The Bertz CT molecular complexity index is 150. The van der Waals surface area contributed by atoms with Crippen molar-refractivity contribution in [2.24, 2.45) is 0 Å². The van der Waals surface area contributed by atoms with E-state index in [1.54, 1.807) is 0 Å². The van der Waals surface area contributed by atoms with Crippen molar-refractivity contribution in [3.8, 4) is 0 Å². The molecule has 1 N–H and O–H groups in total. The molecule has 1 fully saturated rings. The number of alkyl halides is 3. The fourth-order valence-corrected chi connectivity index (χ4v) is 1.59. The van der Waals surface area contributed by atoms with E-state index < -0.39 is 29.8 Å². The Morgan fingerprint density at radius 3 is 2.42 bits per heavy atom. The molecule has 72 valence electrons. The molecule has 0 bridgehead atoms. The van der Waals surface area contributed by atoms with Gasteiger partial charge >= 0.3 is 5.51 Å². The Kier molecular flexibility index (Phi) is 3.25. The molecule has 0 spiro atoms.